The van der Waals surface area contributed by atoms with Gasteiger partial charge in [0.25, 0.3) is 0 Å². The van der Waals surface area contributed by atoms with Crippen molar-refractivity contribution in [3.05, 3.63) is 102 Å². The van der Waals surface area contributed by atoms with Crippen molar-refractivity contribution in [2.45, 2.75) is 45.8 Å². The molecule has 0 aliphatic heterocycles. The van der Waals surface area contributed by atoms with Crippen LogP contribution in [-0.4, -0.2) is 23.3 Å². The summed E-state index contributed by atoms with van der Waals surface area (Å²) in [6, 6.07) is 26.3. The summed E-state index contributed by atoms with van der Waals surface area (Å²) in [6.45, 7) is 5.63. The van der Waals surface area contributed by atoms with Gasteiger partial charge in [0.05, 0.1) is 6.10 Å². The quantitative estimate of drug-likeness (QED) is 0.384. The smallest absolute Gasteiger partial charge is 0.333 e. The second-order valence-corrected chi connectivity index (χ2v) is 7.96. The van der Waals surface area contributed by atoms with Gasteiger partial charge in [-0.3, -0.25) is 0 Å². The molecule has 3 aromatic rings. The summed E-state index contributed by atoms with van der Waals surface area (Å²) >= 11 is 0. The molecule has 0 saturated heterocycles. The van der Waals surface area contributed by atoms with Crippen LogP contribution in [0.4, 0.5) is 0 Å². The molecule has 0 bridgehead atoms. The molecule has 0 fully saturated rings. The van der Waals surface area contributed by atoms with E-state index in [1.807, 2.05) is 69.3 Å². The molecule has 0 spiro atoms. The molecule has 0 aliphatic rings. The lowest BCUT2D eigenvalue weighted by molar-refractivity contribution is -0.153. The van der Waals surface area contributed by atoms with Crippen molar-refractivity contribution in [1.29, 1.82) is 0 Å². The molecule has 1 unspecified atom stereocenters. The fourth-order valence-corrected chi connectivity index (χ4v) is 3.43. The molecule has 3 aromatic carbocycles. The number of allylic oxidation sites excluding steroid dienone is 2. The van der Waals surface area contributed by atoms with Gasteiger partial charge in [-0.2, -0.15) is 0 Å². The van der Waals surface area contributed by atoms with E-state index in [1.54, 1.807) is 0 Å². The van der Waals surface area contributed by atoms with Crippen molar-refractivity contribution in [3.8, 4) is 16.9 Å². The standard InChI is InChI=1S/C28H30O4/c1-4-25(18-21-10-14-24(15-11-21)23-8-6-5-7-9-23)32-26-16-12-22(13-17-26)19-27(28(29)30)31-20(2)3/h4-17,20,27H,18-19H2,1-3H3,(H,29,30). The van der Waals surface area contributed by atoms with E-state index in [4.69, 9.17) is 9.47 Å². The van der Waals surface area contributed by atoms with Crippen molar-refractivity contribution >= 4 is 5.97 Å². The molecule has 4 nitrogen and oxygen atoms in total. The second kappa shape index (κ2) is 11.3. The van der Waals surface area contributed by atoms with Crippen LogP contribution in [-0.2, 0) is 22.4 Å². The number of carboxylic acid groups (broad SMARTS) is 1. The van der Waals surface area contributed by atoms with Crippen LogP contribution >= 0.6 is 0 Å². The monoisotopic (exact) mass is 430 g/mol. The number of rotatable bonds is 10. The van der Waals surface area contributed by atoms with E-state index in [0.29, 0.717) is 12.8 Å². The number of carbonyl (C=O) groups is 1. The molecule has 166 valence electrons. The van der Waals surface area contributed by atoms with E-state index in [-0.39, 0.29) is 6.10 Å². The highest BCUT2D eigenvalue weighted by atomic mass is 16.5. The average molecular weight is 431 g/mol. The van der Waals surface area contributed by atoms with Gasteiger partial charge < -0.3 is 14.6 Å². The third kappa shape index (κ3) is 6.82. The van der Waals surface area contributed by atoms with E-state index in [0.717, 1.165) is 17.1 Å². The van der Waals surface area contributed by atoms with Crippen LogP contribution < -0.4 is 4.74 Å². The van der Waals surface area contributed by atoms with Gasteiger partial charge in [-0.15, -0.1) is 0 Å². The Hall–Kier alpha value is -3.37. The molecule has 32 heavy (non-hydrogen) atoms. The first-order chi connectivity index (χ1) is 15.4. The zero-order valence-corrected chi connectivity index (χ0v) is 18.8. The molecule has 4 heteroatoms. The number of hydrogen-bond donors (Lipinski definition) is 1. The Morgan fingerprint density at radius 2 is 1.47 bits per heavy atom. The van der Waals surface area contributed by atoms with Crippen molar-refractivity contribution in [2.24, 2.45) is 0 Å². The van der Waals surface area contributed by atoms with Gasteiger partial charge in [-0.1, -0.05) is 66.7 Å². The minimum atomic E-state index is -0.950. The van der Waals surface area contributed by atoms with Crippen LogP contribution in [0.2, 0.25) is 0 Å². The molecular weight excluding hydrogens is 400 g/mol. The molecule has 0 radical (unpaired) electrons. The summed E-state index contributed by atoms with van der Waals surface area (Å²) in [7, 11) is 0. The lowest BCUT2D eigenvalue weighted by atomic mass is 10.0. The molecule has 0 saturated carbocycles. The third-order valence-corrected chi connectivity index (χ3v) is 5.07. The van der Waals surface area contributed by atoms with Crippen LogP contribution in [0.1, 0.15) is 31.9 Å². The number of hydrogen-bond acceptors (Lipinski definition) is 3. The normalized spacial score (nSPS) is 12.6. The van der Waals surface area contributed by atoms with Gasteiger partial charge >= 0.3 is 5.97 Å². The van der Waals surface area contributed by atoms with Gasteiger partial charge in [-0.25, -0.2) is 4.79 Å². The van der Waals surface area contributed by atoms with Crippen molar-refractivity contribution < 1.29 is 19.4 Å². The van der Waals surface area contributed by atoms with E-state index in [2.05, 4.69) is 36.4 Å². The summed E-state index contributed by atoms with van der Waals surface area (Å²) in [6.07, 6.45) is 1.98. The minimum Gasteiger partial charge on any atom is -0.479 e. The largest absolute Gasteiger partial charge is 0.479 e. The summed E-state index contributed by atoms with van der Waals surface area (Å²) < 4.78 is 11.6. The van der Waals surface area contributed by atoms with Crippen molar-refractivity contribution in [1.82, 2.24) is 0 Å². The Morgan fingerprint density at radius 3 is 2.03 bits per heavy atom. The highest BCUT2D eigenvalue weighted by molar-refractivity contribution is 5.72. The van der Waals surface area contributed by atoms with Gasteiger partial charge in [-0.05, 0) is 61.2 Å². The maximum Gasteiger partial charge on any atom is 0.333 e. The molecule has 1 atom stereocenters. The van der Waals surface area contributed by atoms with Gasteiger partial charge in [0.1, 0.15) is 11.5 Å². The zero-order chi connectivity index (χ0) is 22.9. The lowest BCUT2D eigenvalue weighted by Crippen LogP contribution is -2.29. The third-order valence-electron chi connectivity index (χ3n) is 5.07. The SMILES string of the molecule is CC=C(Cc1ccc(-c2ccccc2)cc1)Oc1ccc(CC(OC(C)C)C(=O)O)cc1. The van der Waals surface area contributed by atoms with Crippen molar-refractivity contribution in [2.75, 3.05) is 0 Å². The van der Waals surface area contributed by atoms with Crippen LogP contribution in [0.25, 0.3) is 11.1 Å². The molecule has 0 aliphatic carbocycles. The average Bonchev–Trinajstić information content (AvgIpc) is 2.80. The molecule has 1 N–H and O–H groups in total. The first kappa shape index (κ1) is 23.3. The summed E-state index contributed by atoms with van der Waals surface area (Å²) in [5, 5.41) is 9.35. The molecule has 0 amide bonds. The van der Waals surface area contributed by atoms with Crippen molar-refractivity contribution in [3.63, 3.8) is 0 Å². The number of ether oxygens (including phenoxy) is 2. The first-order valence-corrected chi connectivity index (χ1v) is 10.9. The fourth-order valence-electron chi connectivity index (χ4n) is 3.43. The Balaban J connectivity index is 1.60. The Morgan fingerprint density at radius 1 is 0.875 bits per heavy atom. The molecular formula is C28H30O4. The van der Waals surface area contributed by atoms with Crippen LogP contribution in [0, 0.1) is 0 Å². The van der Waals surface area contributed by atoms with E-state index < -0.39 is 12.1 Å². The molecule has 0 aromatic heterocycles. The molecule has 0 heterocycles. The Kier molecular flexibility index (Phi) is 8.23. The van der Waals surface area contributed by atoms with Crippen LogP contribution in [0.5, 0.6) is 5.75 Å². The lowest BCUT2D eigenvalue weighted by Gasteiger charge is -2.17. The van der Waals surface area contributed by atoms with Crippen LogP contribution in [0.15, 0.2) is 90.7 Å². The van der Waals surface area contributed by atoms with Gasteiger partial charge in [0.15, 0.2) is 6.10 Å². The predicted octanol–water partition coefficient (Wildman–Crippen LogP) is 6.30. The number of aliphatic carboxylic acids is 1. The van der Waals surface area contributed by atoms with E-state index >= 15 is 0 Å². The highest BCUT2D eigenvalue weighted by Crippen LogP contribution is 2.22. The fraction of sp³-hybridized carbons (Fsp3) is 0.250. The zero-order valence-electron chi connectivity index (χ0n) is 18.8. The Bertz CT molecular complexity index is 1020. The Labute approximate surface area is 190 Å². The molecule has 3 rings (SSSR count). The van der Waals surface area contributed by atoms with Gasteiger partial charge in [0, 0.05) is 12.8 Å². The number of benzene rings is 3. The first-order valence-electron chi connectivity index (χ1n) is 10.9. The summed E-state index contributed by atoms with van der Waals surface area (Å²) in [4.78, 5) is 11.4. The second-order valence-electron chi connectivity index (χ2n) is 7.96. The minimum absolute atomic E-state index is 0.141. The summed E-state index contributed by atoms with van der Waals surface area (Å²) in [5.41, 5.74) is 4.45. The number of carboxylic acids is 1. The maximum atomic E-state index is 11.4. The highest BCUT2D eigenvalue weighted by Gasteiger charge is 2.20. The maximum absolute atomic E-state index is 11.4. The van der Waals surface area contributed by atoms with Gasteiger partial charge in [0.2, 0.25) is 0 Å². The topological polar surface area (TPSA) is 55.8 Å². The van der Waals surface area contributed by atoms with E-state index in [9.17, 15) is 9.90 Å². The predicted molar refractivity (Wildman–Crippen MR) is 128 cm³/mol. The van der Waals surface area contributed by atoms with Crippen LogP contribution in [0.3, 0.4) is 0 Å². The van der Waals surface area contributed by atoms with E-state index in [1.165, 1.54) is 16.7 Å². The summed E-state index contributed by atoms with van der Waals surface area (Å²) in [5.74, 6) is 0.629.